The molecule has 0 bridgehead atoms. The standard InChI is InChI=1S/C18H17N3O2/c1-23-15-8-6-13(7-9-15)18-19-17-12-14-4-2-3-5-16(14)21(17)20(18)10-11-22/h2-9,12,22H,10-11H2,1H3. The van der Waals surface area contributed by atoms with Gasteiger partial charge in [-0.15, -0.1) is 0 Å². The average Bonchev–Trinajstić information content (AvgIpc) is 3.12. The van der Waals surface area contributed by atoms with Gasteiger partial charge >= 0.3 is 0 Å². The number of hydrogen-bond donors (Lipinski definition) is 1. The minimum Gasteiger partial charge on any atom is -0.497 e. The second-order valence-electron chi connectivity index (χ2n) is 5.38. The van der Waals surface area contributed by atoms with Gasteiger partial charge in [0.05, 0.1) is 25.8 Å². The van der Waals surface area contributed by atoms with Gasteiger partial charge in [0.2, 0.25) is 0 Å². The molecular formula is C18H17N3O2. The van der Waals surface area contributed by atoms with Gasteiger partial charge < -0.3 is 9.84 Å². The lowest BCUT2D eigenvalue weighted by Crippen LogP contribution is -2.10. The number of rotatable bonds is 4. The van der Waals surface area contributed by atoms with Crippen molar-refractivity contribution in [2.45, 2.75) is 6.54 Å². The fourth-order valence-electron chi connectivity index (χ4n) is 2.97. The molecular weight excluding hydrogens is 290 g/mol. The van der Waals surface area contributed by atoms with E-state index in [1.165, 1.54) is 0 Å². The van der Waals surface area contributed by atoms with Crippen molar-refractivity contribution in [2.24, 2.45) is 0 Å². The Kier molecular flexibility index (Phi) is 3.28. The summed E-state index contributed by atoms with van der Waals surface area (Å²) in [5, 5.41) is 10.6. The summed E-state index contributed by atoms with van der Waals surface area (Å²) in [7, 11) is 1.65. The molecule has 2 aromatic carbocycles. The number of para-hydroxylation sites is 1. The Morgan fingerprint density at radius 1 is 1.09 bits per heavy atom. The SMILES string of the molecule is COc1ccc(-c2nc3cc4ccccc4n3n2CCO)cc1. The molecule has 2 aromatic heterocycles. The summed E-state index contributed by atoms with van der Waals surface area (Å²) in [4.78, 5) is 4.77. The van der Waals surface area contributed by atoms with Crippen LogP contribution in [-0.2, 0) is 6.54 Å². The third-order valence-corrected chi connectivity index (χ3v) is 4.03. The lowest BCUT2D eigenvalue weighted by Gasteiger charge is -2.09. The molecule has 5 heteroatoms. The van der Waals surface area contributed by atoms with Crippen molar-refractivity contribution in [2.75, 3.05) is 13.7 Å². The van der Waals surface area contributed by atoms with E-state index in [4.69, 9.17) is 9.72 Å². The zero-order valence-electron chi connectivity index (χ0n) is 12.8. The van der Waals surface area contributed by atoms with E-state index >= 15 is 0 Å². The summed E-state index contributed by atoms with van der Waals surface area (Å²) in [6.07, 6.45) is 0. The van der Waals surface area contributed by atoms with Gasteiger partial charge in [-0.05, 0) is 36.4 Å². The fourth-order valence-corrected chi connectivity index (χ4v) is 2.97. The van der Waals surface area contributed by atoms with Crippen molar-refractivity contribution in [3.63, 3.8) is 0 Å². The maximum atomic E-state index is 9.48. The van der Waals surface area contributed by atoms with Gasteiger partial charge in [-0.3, -0.25) is 4.68 Å². The van der Waals surface area contributed by atoms with E-state index in [0.29, 0.717) is 6.54 Å². The van der Waals surface area contributed by atoms with Crippen LogP contribution < -0.4 is 4.74 Å². The van der Waals surface area contributed by atoms with Crippen LogP contribution in [0.3, 0.4) is 0 Å². The number of ether oxygens (including phenoxy) is 1. The summed E-state index contributed by atoms with van der Waals surface area (Å²) >= 11 is 0. The molecule has 23 heavy (non-hydrogen) atoms. The number of hydrogen-bond acceptors (Lipinski definition) is 3. The minimum absolute atomic E-state index is 0.0567. The van der Waals surface area contributed by atoms with Crippen LogP contribution >= 0.6 is 0 Å². The predicted octanol–water partition coefficient (Wildman–Crippen LogP) is 2.96. The number of aliphatic hydroxyl groups excluding tert-OH is 1. The van der Waals surface area contributed by atoms with Crippen molar-refractivity contribution in [1.82, 2.24) is 14.2 Å². The van der Waals surface area contributed by atoms with Crippen molar-refractivity contribution < 1.29 is 9.84 Å². The van der Waals surface area contributed by atoms with Crippen molar-refractivity contribution in [3.8, 4) is 17.1 Å². The topological polar surface area (TPSA) is 51.7 Å². The van der Waals surface area contributed by atoms with Gasteiger partial charge in [0.1, 0.15) is 5.75 Å². The summed E-state index contributed by atoms with van der Waals surface area (Å²) in [6, 6.07) is 18.0. The molecule has 0 aliphatic rings. The highest BCUT2D eigenvalue weighted by Gasteiger charge is 2.15. The fraction of sp³-hybridized carbons (Fsp3) is 0.167. The Morgan fingerprint density at radius 3 is 2.61 bits per heavy atom. The summed E-state index contributed by atoms with van der Waals surface area (Å²) < 4.78 is 9.29. The highest BCUT2D eigenvalue weighted by atomic mass is 16.5. The maximum Gasteiger partial charge on any atom is 0.157 e. The molecule has 0 saturated heterocycles. The van der Waals surface area contributed by atoms with Crippen LogP contribution in [0, 0.1) is 0 Å². The number of methoxy groups -OCH3 is 1. The normalized spacial score (nSPS) is 11.4. The first kappa shape index (κ1) is 13.8. The molecule has 0 aliphatic heterocycles. The van der Waals surface area contributed by atoms with Crippen molar-refractivity contribution in [1.29, 1.82) is 0 Å². The Morgan fingerprint density at radius 2 is 1.87 bits per heavy atom. The molecule has 2 heterocycles. The molecule has 4 rings (SSSR count). The number of benzene rings is 2. The summed E-state index contributed by atoms with van der Waals surface area (Å²) in [5.74, 6) is 1.65. The summed E-state index contributed by atoms with van der Waals surface area (Å²) in [5.41, 5.74) is 2.96. The summed E-state index contributed by atoms with van der Waals surface area (Å²) in [6.45, 7) is 0.539. The molecule has 0 aliphatic carbocycles. The first-order valence-corrected chi connectivity index (χ1v) is 7.54. The Hall–Kier alpha value is -2.79. The molecule has 1 N–H and O–H groups in total. The highest BCUT2D eigenvalue weighted by Crippen LogP contribution is 2.26. The lowest BCUT2D eigenvalue weighted by atomic mass is 10.2. The van der Waals surface area contributed by atoms with Gasteiger partial charge in [0.25, 0.3) is 0 Å². The van der Waals surface area contributed by atoms with Gasteiger partial charge in [-0.2, -0.15) is 0 Å². The van der Waals surface area contributed by atoms with Gasteiger partial charge in [-0.1, -0.05) is 18.2 Å². The molecule has 0 unspecified atom stereocenters. The van der Waals surface area contributed by atoms with E-state index in [0.717, 1.165) is 33.7 Å². The molecule has 4 aromatic rings. The van der Waals surface area contributed by atoms with E-state index in [9.17, 15) is 5.11 Å². The van der Waals surface area contributed by atoms with E-state index in [1.54, 1.807) is 7.11 Å². The Balaban J connectivity index is 1.96. The zero-order chi connectivity index (χ0) is 15.8. The predicted molar refractivity (Wildman–Crippen MR) is 89.8 cm³/mol. The van der Waals surface area contributed by atoms with E-state index in [2.05, 4.69) is 22.7 Å². The second-order valence-corrected chi connectivity index (χ2v) is 5.38. The van der Waals surface area contributed by atoms with Crippen LogP contribution in [0.2, 0.25) is 0 Å². The van der Waals surface area contributed by atoms with Gasteiger partial charge in [-0.25, -0.2) is 9.50 Å². The Labute approximate surface area is 133 Å². The van der Waals surface area contributed by atoms with Crippen molar-refractivity contribution >= 4 is 16.6 Å². The van der Waals surface area contributed by atoms with Crippen LogP contribution in [-0.4, -0.2) is 33.0 Å². The van der Waals surface area contributed by atoms with Gasteiger partial charge in [0.15, 0.2) is 11.5 Å². The van der Waals surface area contributed by atoms with Crippen LogP contribution in [0.5, 0.6) is 5.75 Å². The zero-order valence-corrected chi connectivity index (χ0v) is 12.8. The smallest absolute Gasteiger partial charge is 0.157 e. The van der Waals surface area contributed by atoms with Crippen LogP contribution in [0.1, 0.15) is 0 Å². The van der Waals surface area contributed by atoms with Gasteiger partial charge in [0, 0.05) is 10.9 Å². The number of fused-ring (bicyclic) bond motifs is 3. The van der Waals surface area contributed by atoms with E-state index in [1.807, 2.05) is 41.1 Å². The lowest BCUT2D eigenvalue weighted by molar-refractivity contribution is 0.268. The van der Waals surface area contributed by atoms with Crippen molar-refractivity contribution in [3.05, 3.63) is 54.6 Å². The van der Waals surface area contributed by atoms with E-state index in [-0.39, 0.29) is 6.61 Å². The third kappa shape index (κ3) is 2.17. The molecule has 116 valence electrons. The molecule has 5 nitrogen and oxygen atoms in total. The second kappa shape index (κ2) is 5.44. The number of aliphatic hydroxyl groups is 1. The van der Waals surface area contributed by atoms with Crippen LogP contribution in [0.25, 0.3) is 27.9 Å². The first-order valence-electron chi connectivity index (χ1n) is 7.54. The van der Waals surface area contributed by atoms with Crippen LogP contribution in [0.4, 0.5) is 0 Å². The highest BCUT2D eigenvalue weighted by molar-refractivity contribution is 5.86. The molecule has 0 radical (unpaired) electrons. The maximum absolute atomic E-state index is 9.48. The molecule has 0 saturated carbocycles. The molecule has 0 atom stereocenters. The van der Waals surface area contributed by atoms with Crippen LogP contribution in [0.15, 0.2) is 54.6 Å². The Bertz CT molecular complexity index is 967. The third-order valence-electron chi connectivity index (χ3n) is 4.03. The minimum atomic E-state index is 0.0567. The monoisotopic (exact) mass is 307 g/mol. The first-order chi connectivity index (χ1) is 11.3. The molecule has 0 spiro atoms. The van der Waals surface area contributed by atoms with E-state index < -0.39 is 0 Å². The molecule has 0 amide bonds. The largest absolute Gasteiger partial charge is 0.497 e. The quantitative estimate of drug-likeness (QED) is 0.630. The molecule has 0 fully saturated rings. The number of aromatic nitrogens is 3. The average molecular weight is 307 g/mol. The number of nitrogens with zero attached hydrogens (tertiary/aromatic N) is 3.